The van der Waals surface area contributed by atoms with E-state index in [0.29, 0.717) is 17.5 Å². The van der Waals surface area contributed by atoms with Gasteiger partial charge < -0.3 is 15.7 Å². The van der Waals surface area contributed by atoms with Gasteiger partial charge in [0.25, 0.3) is 0 Å². The van der Waals surface area contributed by atoms with Gasteiger partial charge in [0, 0.05) is 18.6 Å². The molecule has 1 saturated carbocycles. The van der Waals surface area contributed by atoms with E-state index in [1.807, 2.05) is 0 Å². The molecule has 0 spiro atoms. The first kappa shape index (κ1) is 17.2. The highest BCUT2D eigenvalue weighted by Crippen LogP contribution is 2.39. The third kappa shape index (κ3) is 5.88. The van der Waals surface area contributed by atoms with Gasteiger partial charge in [0.15, 0.2) is 0 Å². The average Bonchev–Trinajstić information content (AvgIpc) is 2.69. The quantitative estimate of drug-likeness (QED) is 0.730. The number of nitrogens with one attached hydrogen (secondary N) is 2. The Labute approximate surface area is 131 Å². The van der Waals surface area contributed by atoms with Gasteiger partial charge in [-0.15, -0.1) is 0 Å². The van der Waals surface area contributed by atoms with Gasteiger partial charge in [0.05, 0.1) is 5.60 Å². The van der Waals surface area contributed by atoms with Gasteiger partial charge in [-0.3, -0.25) is 0 Å². The summed E-state index contributed by atoms with van der Waals surface area (Å²) in [4.78, 5) is 0. The van der Waals surface area contributed by atoms with E-state index in [1.54, 1.807) is 0 Å². The molecule has 21 heavy (non-hydrogen) atoms. The highest BCUT2D eigenvalue weighted by molar-refractivity contribution is 4.91. The molecule has 2 fully saturated rings. The molecule has 3 heteroatoms. The molecule has 124 valence electrons. The minimum atomic E-state index is -0.472. The van der Waals surface area contributed by atoms with Gasteiger partial charge in [-0.25, -0.2) is 0 Å². The van der Waals surface area contributed by atoms with Crippen LogP contribution in [0.5, 0.6) is 0 Å². The molecule has 1 aliphatic heterocycles. The molecule has 0 aromatic carbocycles. The topological polar surface area (TPSA) is 44.3 Å². The maximum Gasteiger partial charge on any atom is 0.0772 e. The Bertz CT molecular complexity index is 298. The van der Waals surface area contributed by atoms with Crippen LogP contribution in [0.2, 0.25) is 0 Å². The number of rotatable bonds is 5. The summed E-state index contributed by atoms with van der Waals surface area (Å²) in [7, 11) is 0. The van der Waals surface area contributed by atoms with Crippen LogP contribution >= 0.6 is 0 Å². The van der Waals surface area contributed by atoms with Gasteiger partial charge in [-0.2, -0.15) is 0 Å². The summed E-state index contributed by atoms with van der Waals surface area (Å²) >= 11 is 0. The van der Waals surface area contributed by atoms with Gasteiger partial charge in [0.1, 0.15) is 0 Å². The Kier molecular flexibility index (Phi) is 6.10. The molecule has 0 amide bonds. The van der Waals surface area contributed by atoms with Crippen molar-refractivity contribution in [2.45, 2.75) is 96.2 Å². The fourth-order valence-electron chi connectivity index (χ4n) is 3.75. The molecule has 0 aromatic heterocycles. The van der Waals surface area contributed by atoms with E-state index in [4.69, 9.17) is 0 Å². The predicted octanol–water partition coefficient (Wildman–Crippen LogP) is 3.22. The van der Waals surface area contributed by atoms with Crippen molar-refractivity contribution < 1.29 is 5.11 Å². The first-order chi connectivity index (χ1) is 9.89. The second-order valence-corrected chi connectivity index (χ2v) is 8.41. The zero-order valence-corrected chi connectivity index (χ0v) is 14.4. The SMILES string of the molecule is CC(CC1CCCCCN1)NCC1(O)CCC(C)(C)CC1. The van der Waals surface area contributed by atoms with Crippen LogP contribution in [0.4, 0.5) is 0 Å². The molecule has 0 bridgehead atoms. The van der Waals surface area contributed by atoms with E-state index in [2.05, 4.69) is 31.4 Å². The smallest absolute Gasteiger partial charge is 0.0772 e. The normalized spacial score (nSPS) is 30.6. The number of hydrogen-bond acceptors (Lipinski definition) is 3. The van der Waals surface area contributed by atoms with Crippen molar-refractivity contribution in [3.8, 4) is 0 Å². The molecule has 2 atom stereocenters. The predicted molar refractivity (Wildman–Crippen MR) is 89.5 cm³/mol. The van der Waals surface area contributed by atoms with Gasteiger partial charge in [-0.1, -0.05) is 26.7 Å². The molecule has 2 rings (SSSR count). The van der Waals surface area contributed by atoms with E-state index in [-0.39, 0.29) is 0 Å². The molecule has 0 radical (unpaired) electrons. The lowest BCUT2D eigenvalue weighted by atomic mass is 9.71. The van der Waals surface area contributed by atoms with E-state index in [1.165, 1.54) is 38.6 Å². The molecule has 2 aliphatic rings. The lowest BCUT2D eigenvalue weighted by Crippen LogP contribution is -2.48. The van der Waals surface area contributed by atoms with Crippen LogP contribution in [0.15, 0.2) is 0 Å². The Balaban J connectivity index is 1.69. The Morgan fingerprint density at radius 2 is 1.86 bits per heavy atom. The minimum absolute atomic E-state index is 0.419. The standard InChI is InChI=1S/C18H36N2O/c1-15(13-16-7-5-4-6-12-19-16)20-14-18(21)10-8-17(2,3)9-11-18/h15-16,19-21H,4-14H2,1-3H3. The lowest BCUT2D eigenvalue weighted by molar-refractivity contribution is -0.0260. The zero-order valence-electron chi connectivity index (χ0n) is 14.4. The third-order valence-corrected chi connectivity index (χ3v) is 5.61. The first-order valence-electron chi connectivity index (χ1n) is 9.08. The van der Waals surface area contributed by atoms with Crippen LogP contribution in [-0.2, 0) is 0 Å². The van der Waals surface area contributed by atoms with Crippen LogP contribution < -0.4 is 10.6 Å². The van der Waals surface area contributed by atoms with Crippen LogP contribution in [0.25, 0.3) is 0 Å². The molecule has 1 saturated heterocycles. The Morgan fingerprint density at radius 1 is 1.14 bits per heavy atom. The number of hydrogen-bond donors (Lipinski definition) is 3. The van der Waals surface area contributed by atoms with Crippen molar-refractivity contribution in [3.63, 3.8) is 0 Å². The maximum absolute atomic E-state index is 10.7. The molecule has 2 unspecified atom stereocenters. The minimum Gasteiger partial charge on any atom is -0.389 e. The summed E-state index contributed by atoms with van der Waals surface area (Å²) < 4.78 is 0. The van der Waals surface area contributed by atoms with E-state index in [9.17, 15) is 5.11 Å². The summed E-state index contributed by atoms with van der Waals surface area (Å²) in [6, 6.07) is 1.15. The Morgan fingerprint density at radius 3 is 2.57 bits per heavy atom. The second-order valence-electron chi connectivity index (χ2n) is 8.41. The van der Waals surface area contributed by atoms with Gasteiger partial charge >= 0.3 is 0 Å². The summed E-state index contributed by atoms with van der Waals surface area (Å²) in [5.74, 6) is 0. The maximum atomic E-state index is 10.7. The van der Waals surface area contributed by atoms with Crippen LogP contribution in [0.3, 0.4) is 0 Å². The largest absolute Gasteiger partial charge is 0.389 e. The first-order valence-corrected chi connectivity index (χ1v) is 9.08. The molecule has 1 aliphatic carbocycles. The van der Waals surface area contributed by atoms with Gasteiger partial charge in [-0.05, 0) is 63.8 Å². The molecule has 3 nitrogen and oxygen atoms in total. The lowest BCUT2D eigenvalue weighted by Gasteiger charge is -2.41. The molecular formula is C18H36N2O. The van der Waals surface area contributed by atoms with Gasteiger partial charge in [0.2, 0.25) is 0 Å². The molecule has 1 heterocycles. The zero-order chi connectivity index (χ0) is 15.3. The van der Waals surface area contributed by atoms with Crippen molar-refractivity contribution in [1.82, 2.24) is 10.6 Å². The summed E-state index contributed by atoms with van der Waals surface area (Å²) in [5.41, 5.74) is -0.0528. The van der Waals surface area contributed by atoms with Crippen molar-refractivity contribution in [2.24, 2.45) is 5.41 Å². The van der Waals surface area contributed by atoms with Crippen LogP contribution in [-0.4, -0.2) is 35.9 Å². The number of aliphatic hydroxyl groups is 1. The van der Waals surface area contributed by atoms with Crippen LogP contribution in [0, 0.1) is 5.41 Å². The molecule has 0 aromatic rings. The third-order valence-electron chi connectivity index (χ3n) is 5.61. The monoisotopic (exact) mass is 296 g/mol. The summed E-state index contributed by atoms with van der Waals surface area (Å²) in [6.07, 6.45) is 10.7. The summed E-state index contributed by atoms with van der Waals surface area (Å²) in [5, 5.41) is 18.0. The summed E-state index contributed by atoms with van der Waals surface area (Å²) in [6.45, 7) is 8.84. The van der Waals surface area contributed by atoms with Crippen molar-refractivity contribution >= 4 is 0 Å². The molecule has 3 N–H and O–H groups in total. The van der Waals surface area contributed by atoms with Crippen LogP contribution in [0.1, 0.15) is 78.6 Å². The average molecular weight is 296 g/mol. The second kappa shape index (κ2) is 7.43. The highest BCUT2D eigenvalue weighted by atomic mass is 16.3. The van der Waals surface area contributed by atoms with E-state index >= 15 is 0 Å². The van der Waals surface area contributed by atoms with E-state index < -0.39 is 5.60 Å². The van der Waals surface area contributed by atoms with Crippen molar-refractivity contribution in [3.05, 3.63) is 0 Å². The fraction of sp³-hybridized carbons (Fsp3) is 1.00. The molecular weight excluding hydrogens is 260 g/mol. The van der Waals surface area contributed by atoms with E-state index in [0.717, 1.165) is 32.2 Å². The van der Waals surface area contributed by atoms with Crippen molar-refractivity contribution in [1.29, 1.82) is 0 Å². The fourth-order valence-corrected chi connectivity index (χ4v) is 3.75. The highest BCUT2D eigenvalue weighted by Gasteiger charge is 2.36. The van der Waals surface area contributed by atoms with Crippen molar-refractivity contribution in [2.75, 3.05) is 13.1 Å². The Hall–Kier alpha value is -0.120.